The van der Waals surface area contributed by atoms with E-state index in [4.69, 9.17) is 4.74 Å². The highest BCUT2D eigenvalue weighted by Gasteiger charge is 2.29. The smallest absolute Gasteiger partial charge is 0.315 e. The van der Waals surface area contributed by atoms with Crippen molar-refractivity contribution in [3.8, 4) is 0 Å². The van der Waals surface area contributed by atoms with Gasteiger partial charge in [0, 0.05) is 31.7 Å². The SMILES string of the molecule is C[C@@H]1CN([C@H](C)CNC(=O)N[C@H]2CCS(=O)(=O)C2)C[C@H](C)O1. The number of ether oxygens (including phenoxy) is 1. The van der Waals surface area contributed by atoms with Crippen LogP contribution in [0.15, 0.2) is 0 Å². The molecule has 2 amide bonds. The van der Waals surface area contributed by atoms with Gasteiger partial charge in [0.1, 0.15) is 0 Å². The Bertz CT molecular complexity index is 486. The number of morpholine rings is 1. The molecule has 0 aliphatic carbocycles. The van der Waals surface area contributed by atoms with Gasteiger partial charge in [-0.3, -0.25) is 4.90 Å². The summed E-state index contributed by atoms with van der Waals surface area (Å²) in [6.07, 6.45) is 0.900. The van der Waals surface area contributed by atoms with E-state index in [1.807, 2.05) is 0 Å². The Balaban J connectivity index is 1.71. The van der Waals surface area contributed by atoms with Gasteiger partial charge >= 0.3 is 6.03 Å². The van der Waals surface area contributed by atoms with Crippen molar-refractivity contribution in [1.82, 2.24) is 15.5 Å². The van der Waals surface area contributed by atoms with Crippen LogP contribution >= 0.6 is 0 Å². The standard InChI is InChI=1S/C14H27N3O4S/c1-10(17-7-11(2)21-12(3)8-17)6-15-14(18)16-13-4-5-22(19,20)9-13/h10-13H,4-9H2,1-3H3,(H2,15,16,18)/t10-,11-,12+,13+/m1/s1. The highest BCUT2D eigenvalue weighted by molar-refractivity contribution is 7.91. The Hall–Kier alpha value is -0.860. The zero-order chi connectivity index (χ0) is 16.3. The van der Waals surface area contributed by atoms with Crippen molar-refractivity contribution in [1.29, 1.82) is 0 Å². The first-order valence-electron chi connectivity index (χ1n) is 7.89. The number of carbonyl (C=O) groups is 1. The molecule has 7 nitrogen and oxygen atoms in total. The number of amides is 2. The average Bonchev–Trinajstić information content (AvgIpc) is 2.74. The number of hydrogen-bond acceptors (Lipinski definition) is 5. The lowest BCUT2D eigenvalue weighted by Gasteiger charge is -2.39. The summed E-state index contributed by atoms with van der Waals surface area (Å²) in [5.41, 5.74) is 0. The van der Waals surface area contributed by atoms with Gasteiger partial charge in [0.2, 0.25) is 0 Å². The first kappa shape index (κ1) is 17.5. The van der Waals surface area contributed by atoms with E-state index in [-0.39, 0.29) is 41.8 Å². The number of hydrogen-bond donors (Lipinski definition) is 2. The molecule has 0 bridgehead atoms. The van der Waals surface area contributed by atoms with Gasteiger partial charge in [-0.15, -0.1) is 0 Å². The van der Waals surface area contributed by atoms with Crippen molar-refractivity contribution in [3.05, 3.63) is 0 Å². The predicted octanol–water partition coefficient (Wildman–Crippen LogP) is -0.0296. The van der Waals surface area contributed by atoms with Crippen LogP contribution in [0.25, 0.3) is 0 Å². The molecule has 2 saturated heterocycles. The third-order valence-electron chi connectivity index (χ3n) is 4.20. The van der Waals surface area contributed by atoms with E-state index in [1.165, 1.54) is 0 Å². The molecule has 0 aromatic heterocycles. The zero-order valence-corrected chi connectivity index (χ0v) is 14.4. The van der Waals surface area contributed by atoms with Crippen LogP contribution in [0.4, 0.5) is 4.79 Å². The molecule has 0 radical (unpaired) electrons. The Labute approximate surface area is 132 Å². The second-order valence-electron chi connectivity index (χ2n) is 6.51. The summed E-state index contributed by atoms with van der Waals surface area (Å²) in [7, 11) is -2.97. The van der Waals surface area contributed by atoms with Gasteiger partial charge in [-0.1, -0.05) is 0 Å². The molecule has 0 spiro atoms. The number of sulfone groups is 1. The van der Waals surface area contributed by atoms with Gasteiger partial charge in [-0.2, -0.15) is 0 Å². The van der Waals surface area contributed by atoms with Crippen molar-refractivity contribution >= 4 is 15.9 Å². The summed E-state index contributed by atoms with van der Waals surface area (Å²) in [6, 6.07) is -0.334. The summed E-state index contributed by atoms with van der Waals surface area (Å²) >= 11 is 0. The molecule has 0 aromatic rings. The number of nitrogens with one attached hydrogen (secondary N) is 2. The lowest BCUT2D eigenvalue weighted by molar-refractivity contribution is -0.0778. The van der Waals surface area contributed by atoms with Gasteiger partial charge in [-0.05, 0) is 27.2 Å². The minimum Gasteiger partial charge on any atom is -0.373 e. The molecule has 2 rings (SSSR count). The third-order valence-corrected chi connectivity index (χ3v) is 5.96. The molecule has 2 N–H and O–H groups in total. The minimum absolute atomic E-state index is 0.0501. The average molecular weight is 333 g/mol. The van der Waals surface area contributed by atoms with Crippen molar-refractivity contribution in [2.75, 3.05) is 31.1 Å². The minimum atomic E-state index is -2.97. The first-order chi connectivity index (χ1) is 10.2. The molecule has 0 unspecified atom stereocenters. The first-order valence-corrected chi connectivity index (χ1v) is 9.71. The molecule has 2 aliphatic rings. The largest absolute Gasteiger partial charge is 0.373 e. The Kier molecular flexibility index (Phi) is 5.68. The normalized spacial score (nSPS) is 33.3. The van der Waals surface area contributed by atoms with Crippen molar-refractivity contribution in [2.45, 2.75) is 51.5 Å². The van der Waals surface area contributed by atoms with Crippen molar-refractivity contribution in [2.24, 2.45) is 0 Å². The third kappa shape index (κ3) is 5.10. The molecule has 2 fully saturated rings. The summed E-state index contributed by atoms with van der Waals surface area (Å²) in [4.78, 5) is 14.2. The van der Waals surface area contributed by atoms with Crippen molar-refractivity contribution < 1.29 is 17.9 Å². The summed E-state index contributed by atoms with van der Waals surface area (Å²) in [6.45, 7) is 8.42. The van der Waals surface area contributed by atoms with Crippen LogP contribution in [0.1, 0.15) is 27.2 Å². The summed E-state index contributed by atoms with van der Waals surface area (Å²) < 4.78 is 28.4. The lowest BCUT2D eigenvalue weighted by Crippen LogP contribution is -2.53. The number of nitrogens with zero attached hydrogens (tertiary/aromatic N) is 1. The molecule has 2 heterocycles. The molecule has 8 heteroatoms. The van der Waals surface area contributed by atoms with E-state index in [1.54, 1.807) is 0 Å². The Morgan fingerprint density at radius 2 is 1.95 bits per heavy atom. The highest BCUT2D eigenvalue weighted by Crippen LogP contribution is 2.13. The fourth-order valence-electron chi connectivity index (χ4n) is 3.09. The van der Waals surface area contributed by atoms with Gasteiger partial charge in [0.05, 0.1) is 23.7 Å². The predicted molar refractivity (Wildman–Crippen MR) is 84.6 cm³/mol. The van der Waals surface area contributed by atoms with Crippen LogP contribution < -0.4 is 10.6 Å². The monoisotopic (exact) mass is 333 g/mol. The fraction of sp³-hybridized carbons (Fsp3) is 0.929. The number of carbonyl (C=O) groups excluding carboxylic acids is 1. The molecule has 0 aromatic carbocycles. The van der Waals surface area contributed by atoms with Crippen LogP contribution in [-0.4, -0.2) is 74.8 Å². The van der Waals surface area contributed by atoms with Crippen LogP contribution in [0, 0.1) is 0 Å². The molecule has 128 valence electrons. The van der Waals surface area contributed by atoms with Gasteiger partial charge in [0.25, 0.3) is 0 Å². The van der Waals surface area contributed by atoms with Crippen LogP contribution in [-0.2, 0) is 14.6 Å². The lowest BCUT2D eigenvalue weighted by atomic mass is 10.2. The molecular weight excluding hydrogens is 306 g/mol. The summed E-state index contributed by atoms with van der Waals surface area (Å²) in [5, 5.41) is 5.57. The quantitative estimate of drug-likeness (QED) is 0.754. The molecular formula is C14H27N3O4S. The maximum atomic E-state index is 11.9. The number of urea groups is 1. The second kappa shape index (κ2) is 7.14. The summed E-state index contributed by atoms with van der Waals surface area (Å²) in [5.74, 6) is 0.215. The van der Waals surface area contributed by atoms with E-state index >= 15 is 0 Å². The molecule has 0 saturated carbocycles. The van der Waals surface area contributed by atoms with E-state index in [9.17, 15) is 13.2 Å². The van der Waals surface area contributed by atoms with Gasteiger partial charge in [-0.25, -0.2) is 13.2 Å². The van der Waals surface area contributed by atoms with Crippen LogP contribution in [0.2, 0.25) is 0 Å². The van der Waals surface area contributed by atoms with E-state index in [0.29, 0.717) is 13.0 Å². The Morgan fingerprint density at radius 3 is 2.50 bits per heavy atom. The maximum absolute atomic E-state index is 11.9. The van der Waals surface area contributed by atoms with E-state index < -0.39 is 9.84 Å². The van der Waals surface area contributed by atoms with Gasteiger partial charge < -0.3 is 15.4 Å². The number of rotatable bonds is 4. The molecule has 22 heavy (non-hydrogen) atoms. The molecule has 4 atom stereocenters. The van der Waals surface area contributed by atoms with Gasteiger partial charge in [0.15, 0.2) is 9.84 Å². The second-order valence-corrected chi connectivity index (χ2v) is 8.74. The highest BCUT2D eigenvalue weighted by atomic mass is 32.2. The Morgan fingerprint density at radius 1 is 1.32 bits per heavy atom. The van der Waals surface area contributed by atoms with Crippen molar-refractivity contribution in [3.63, 3.8) is 0 Å². The van der Waals surface area contributed by atoms with E-state index in [2.05, 4.69) is 36.3 Å². The maximum Gasteiger partial charge on any atom is 0.315 e. The van der Waals surface area contributed by atoms with E-state index in [0.717, 1.165) is 13.1 Å². The van der Waals surface area contributed by atoms with Crippen LogP contribution in [0.5, 0.6) is 0 Å². The van der Waals surface area contributed by atoms with Crippen LogP contribution in [0.3, 0.4) is 0 Å². The topological polar surface area (TPSA) is 87.7 Å². The molecule has 2 aliphatic heterocycles. The fourth-order valence-corrected chi connectivity index (χ4v) is 4.77. The zero-order valence-electron chi connectivity index (χ0n) is 13.5.